The molecule has 0 fully saturated rings. The zero-order valence-corrected chi connectivity index (χ0v) is 27.8. The van der Waals surface area contributed by atoms with Crippen LogP contribution in [0.4, 0.5) is 0 Å². The lowest BCUT2D eigenvalue weighted by molar-refractivity contribution is 0.0854. The number of fused-ring (bicyclic) bond motifs is 1. The Morgan fingerprint density at radius 2 is 0.860 bits per heavy atom. The van der Waals surface area contributed by atoms with Gasteiger partial charge >= 0.3 is 0 Å². The summed E-state index contributed by atoms with van der Waals surface area (Å²) in [5.74, 6) is -1.75. The van der Waals surface area contributed by atoms with E-state index >= 15 is 0 Å². The predicted molar refractivity (Wildman–Crippen MR) is 188 cm³/mol. The van der Waals surface area contributed by atoms with Crippen LogP contribution in [-0.2, 0) is 0 Å². The molecule has 0 amide bonds. The smallest absolute Gasteiger partial charge is 0.262 e. The summed E-state index contributed by atoms with van der Waals surface area (Å²) in [6.45, 7) is 0. The number of ether oxygens (including phenoxy) is 4. The first-order valence-electron chi connectivity index (χ1n) is 15.7. The summed E-state index contributed by atoms with van der Waals surface area (Å²) in [6, 6.07) is 32.5. The highest BCUT2D eigenvalue weighted by Crippen LogP contribution is 2.38. The molecule has 0 aliphatic rings. The first-order chi connectivity index (χ1) is 24.3. The van der Waals surface area contributed by atoms with Crippen molar-refractivity contribution < 1.29 is 38.1 Å². The number of aromatic nitrogens is 1. The van der Waals surface area contributed by atoms with E-state index in [4.69, 9.17) is 18.9 Å². The number of hydrogen-bond donors (Lipinski definition) is 0. The molecule has 250 valence electrons. The molecule has 0 atom stereocenters. The molecule has 0 saturated heterocycles. The molecule has 0 radical (unpaired) electrons. The van der Waals surface area contributed by atoms with Gasteiger partial charge in [0.1, 0.15) is 28.9 Å². The standard InChI is InChI=1S/C41H33NO8/c1-47-29-17-9-25(10-18-29)38(43)35-33-7-5-6-8-34(33)42(41(46)28-15-23-32(50-4)24-16-28)37(35)36(39(44)26-11-19-30(48-2)20-12-26)40(45)27-13-21-31(49-3)22-14-27/h5-24,36H,1-4H3. The Labute approximate surface area is 288 Å². The van der Waals surface area contributed by atoms with Gasteiger partial charge in [0.2, 0.25) is 0 Å². The third-order valence-electron chi connectivity index (χ3n) is 8.58. The van der Waals surface area contributed by atoms with E-state index in [1.165, 1.54) is 33.0 Å². The number of benzene rings is 5. The van der Waals surface area contributed by atoms with Crippen molar-refractivity contribution in [3.63, 3.8) is 0 Å². The third-order valence-corrected chi connectivity index (χ3v) is 8.58. The van der Waals surface area contributed by atoms with Gasteiger partial charge in [-0.1, -0.05) is 18.2 Å². The van der Waals surface area contributed by atoms with E-state index in [1.54, 1.807) is 121 Å². The Balaban J connectivity index is 1.68. The Hall–Kier alpha value is -6.48. The van der Waals surface area contributed by atoms with Crippen LogP contribution in [0.3, 0.4) is 0 Å². The molecule has 6 rings (SSSR count). The van der Waals surface area contributed by atoms with Crippen LogP contribution < -0.4 is 18.9 Å². The van der Waals surface area contributed by atoms with E-state index in [9.17, 15) is 19.2 Å². The zero-order chi connectivity index (χ0) is 35.4. The fourth-order valence-corrected chi connectivity index (χ4v) is 5.95. The van der Waals surface area contributed by atoms with E-state index < -0.39 is 29.2 Å². The van der Waals surface area contributed by atoms with Gasteiger partial charge in [-0.15, -0.1) is 0 Å². The largest absolute Gasteiger partial charge is 0.497 e. The molecule has 0 aliphatic carbocycles. The highest BCUT2D eigenvalue weighted by molar-refractivity contribution is 6.26. The second-order valence-corrected chi connectivity index (χ2v) is 11.3. The molecule has 9 heteroatoms. The van der Waals surface area contributed by atoms with Crippen molar-refractivity contribution in [2.45, 2.75) is 5.92 Å². The molecule has 9 nitrogen and oxygen atoms in total. The minimum absolute atomic E-state index is 0.0468. The molecule has 0 saturated carbocycles. The fraction of sp³-hybridized carbons (Fsp3) is 0.122. The first kappa shape index (κ1) is 33.4. The lowest BCUT2D eigenvalue weighted by Crippen LogP contribution is -2.29. The molecule has 0 bridgehead atoms. The van der Waals surface area contributed by atoms with Gasteiger partial charge in [0.25, 0.3) is 5.91 Å². The summed E-state index contributed by atoms with van der Waals surface area (Å²) in [5.41, 5.74) is 1.28. The van der Waals surface area contributed by atoms with Gasteiger partial charge in [-0.3, -0.25) is 23.7 Å². The second kappa shape index (κ2) is 14.3. The number of hydrogen-bond acceptors (Lipinski definition) is 8. The minimum atomic E-state index is -1.62. The van der Waals surface area contributed by atoms with Crippen molar-refractivity contribution >= 4 is 34.2 Å². The fourth-order valence-electron chi connectivity index (χ4n) is 5.95. The molecule has 0 aliphatic heterocycles. The van der Waals surface area contributed by atoms with Gasteiger partial charge in [0.15, 0.2) is 17.3 Å². The van der Waals surface area contributed by atoms with Crippen molar-refractivity contribution in [3.8, 4) is 23.0 Å². The van der Waals surface area contributed by atoms with Crippen LogP contribution in [0.15, 0.2) is 121 Å². The lowest BCUT2D eigenvalue weighted by atomic mass is 9.84. The summed E-state index contributed by atoms with van der Waals surface area (Å²) in [5, 5.41) is 0.403. The Kier molecular flexibility index (Phi) is 9.58. The van der Waals surface area contributed by atoms with Crippen LogP contribution in [0.5, 0.6) is 23.0 Å². The molecule has 6 aromatic rings. The second-order valence-electron chi connectivity index (χ2n) is 11.3. The molecule has 0 unspecified atom stereocenters. The van der Waals surface area contributed by atoms with Gasteiger partial charge in [0.05, 0.1) is 45.2 Å². The van der Waals surface area contributed by atoms with Crippen LogP contribution in [0.1, 0.15) is 58.6 Å². The molecule has 5 aromatic carbocycles. The van der Waals surface area contributed by atoms with Crippen molar-refractivity contribution in [1.29, 1.82) is 0 Å². The van der Waals surface area contributed by atoms with E-state index in [1.807, 2.05) is 0 Å². The van der Waals surface area contributed by atoms with Gasteiger partial charge in [-0.05, 0) is 103 Å². The van der Waals surface area contributed by atoms with Crippen LogP contribution in [-0.4, -0.2) is 56.3 Å². The minimum Gasteiger partial charge on any atom is -0.497 e. The van der Waals surface area contributed by atoms with Crippen LogP contribution in [0.25, 0.3) is 10.9 Å². The molecule has 50 heavy (non-hydrogen) atoms. The van der Waals surface area contributed by atoms with Crippen molar-refractivity contribution in [3.05, 3.63) is 155 Å². The number of nitrogens with zero attached hydrogens (tertiary/aromatic N) is 1. The maximum absolute atomic E-state index is 14.8. The van der Waals surface area contributed by atoms with E-state index in [0.29, 0.717) is 33.9 Å². The molecular weight excluding hydrogens is 634 g/mol. The number of carbonyl (C=O) groups excluding carboxylic acids is 4. The van der Waals surface area contributed by atoms with Gasteiger partial charge < -0.3 is 18.9 Å². The average molecular weight is 668 g/mol. The number of ketones is 3. The van der Waals surface area contributed by atoms with Gasteiger partial charge in [-0.25, -0.2) is 0 Å². The highest BCUT2D eigenvalue weighted by Gasteiger charge is 2.40. The maximum Gasteiger partial charge on any atom is 0.262 e. The predicted octanol–water partition coefficient (Wildman–Crippen LogP) is 7.44. The Morgan fingerprint density at radius 3 is 1.28 bits per heavy atom. The van der Waals surface area contributed by atoms with Crippen molar-refractivity contribution in [1.82, 2.24) is 4.57 Å². The van der Waals surface area contributed by atoms with Crippen molar-refractivity contribution in [2.75, 3.05) is 28.4 Å². The number of carbonyl (C=O) groups is 4. The monoisotopic (exact) mass is 667 g/mol. The molecule has 0 spiro atoms. The summed E-state index contributed by atoms with van der Waals surface area (Å²) < 4.78 is 22.5. The van der Waals surface area contributed by atoms with E-state index in [0.717, 1.165) is 0 Å². The lowest BCUT2D eigenvalue weighted by Gasteiger charge is -2.20. The summed E-state index contributed by atoms with van der Waals surface area (Å²) in [6.07, 6.45) is 0. The van der Waals surface area contributed by atoms with Crippen molar-refractivity contribution in [2.24, 2.45) is 0 Å². The number of methoxy groups -OCH3 is 4. The summed E-state index contributed by atoms with van der Waals surface area (Å²) in [7, 11) is 6.05. The SMILES string of the molecule is COc1ccc(C(=O)c2c(C(C(=O)c3ccc(OC)cc3)C(=O)c3ccc(OC)cc3)n(C(=O)c3ccc(OC)cc3)c3ccccc23)cc1. The number of Topliss-reactive ketones (excluding diaryl/α,β-unsaturated/α-hetero) is 2. The zero-order valence-electron chi connectivity index (χ0n) is 27.8. The summed E-state index contributed by atoms with van der Waals surface area (Å²) in [4.78, 5) is 58.9. The highest BCUT2D eigenvalue weighted by atomic mass is 16.5. The normalized spacial score (nSPS) is 10.9. The number of para-hydroxylation sites is 1. The molecular formula is C41H33NO8. The Morgan fingerprint density at radius 1 is 0.480 bits per heavy atom. The summed E-state index contributed by atoms with van der Waals surface area (Å²) >= 11 is 0. The van der Waals surface area contributed by atoms with Crippen LogP contribution in [0, 0.1) is 0 Å². The molecule has 0 N–H and O–H groups in total. The topological polar surface area (TPSA) is 110 Å². The average Bonchev–Trinajstić information content (AvgIpc) is 3.51. The first-order valence-corrected chi connectivity index (χ1v) is 15.7. The van der Waals surface area contributed by atoms with E-state index in [2.05, 4.69) is 0 Å². The molecule has 1 heterocycles. The van der Waals surface area contributed by atoms with Gasteiger partial charge in [-0.2, -0.15) is 0 Å². The maximum atomic E-state index is 14.8. The van der Waals surface area contributed by atoms with Gasteiger partial charge in [0, 0.05) is 27.6 Å². The number of rotatable bonds is 12. The third kappa shape index (κ3) is 6.24. The van der Waals surface area contributed by atoms with Crippen LogP contribution in [0.2, 0.25) is 0 Å². The molecule has 1 aromatic heterocycles. The quantitative estimate of drug-likeness (QED) is 0.0978. The van der Waals surface area contributed by atoms with E-state index in [-0.39, 0.29) is 33.5 Å². The Bertz CT molecular complexity index is 2040. The van der Waals surface area contributed by atoms with Crippen LogP contribution >= 0.6 is 0 Å².